The molecule has 0 saturated carbocycles. The van der Waals surface area contributed by atoms with Gasteiger partial charge in [-0.1, -0.05) is 11.3 Å². The molecule has 2 bridgehead atoms. The molecule has 2 aromatic carbocycles. The predicted molar refractivity (Wildman–Crippen MR) is 167 cm³/mol. The zero-order valence-electron chi connectivity index (χ0n) is 25.3. The lowest BCUT2D eigenvalue weighted by atomic mass is 9.94. The SMILES string of the molecule is CN(c1nc(OCC23CCCN2CCC3)nc2c(F)c(-c3ccc(F)c4sc(N)nc34)c(C(F)(F)F)cc12)C1CC2CC[C@@H](C1)N2. The van der Waals surface area contributed by atoms with Crippen LogP contribution in [0.15, 0.2) is 18.2 Å². The van der Waals surface area contributed by atoms with Crippen LogP contribution in [0.5, 0.6) is 6.01 Å². The van der Waals surface area contributed by atoms with Crippen molar-refractivity contribution < 1.29 is 26.7 Å². The van der Waals surface area contributed by atoms with Crippen molar-refractivity contribution in [2.75, 3.05) is 37.4 Å². The highest BCUT2D eigenvalue weighted by molar-refractivity contribution is 7.22. The van der Waals surface area contributed by atoms with Gasteiger partial charge in [0.15, 0.2) is 10.9 Å². The topological polar surface area (TPSA) is 92.4 Å². The molecular formula is C32H34F5N7OS. The lowest BCUT2D eigenvalue weighted by molar-refractivity contribution is -0.137. The van der Waals surface area contributed by atoms with Gasteiger partial charge in [-0.15, -0.1) is 0 Å². The van der Waals surface area contributed by atoms with Crippen molar-refractivity contribution in [3.63, 3.8) is 0 Å². The van der Waals surface area contributed by atoms with Gasteiger partial charge in [0, 0.05) is 41.7 Å². The Bertz CT molecular complexity index is 1830. The van der Waals surface area contributed by atoms with Crippen LogP contribution in [0.3, 0.4) is 0 Å². The molecular weight excluding hydrogens is 625 g/mol. The van der Waals surface area contributed by atoms with Crippen LogP contribution in [-0.4, -0.2) is 70.3 Å². The number of halogens is 5. The van der Waals surface area contributed by atoms with Crippen LogP contribution in [-0.2, 0) is 6.18 Å². The number of hydrogen-bond donors (Lipinski definition) is 2. The molecule has 244 valence electrons. The number of alkyl halides is 3. The molecule has 0 spiro atoms. The van der Waals surface area contributed by atoms with E-state index in [2.05, 4.69) is 20.2 Å². The number of thiazole rings is 1. The lowest BCUT2D eigenvalue weighted by Crippen LogP contribution is -2.47. The van der Waals surface area contributed by atoms with Gasteiger partial charge >= 0.3 is 12.2 Å². The number of aromatic nitrogens is 3. The quantitative estimate of drug-likeness (QED) is 0.227. The first-order valence-electron chi connectivity index (χ1n) is 15.8. The van der Waals surface area contributed by atoms with Crippen molar-refractivity contribution >= 4 is 43.4 Å². The van der Waals surface area contributed by atoms with Crippen LogP contribution in [0.4, 0.5) is 32.9 Å². The first kappa shape index (κ1) is 30.0. The van der Waals surface area contributed by atoms with Gasteiger partial charge in [0.05, 0.1) is 21.3 Å². The Labute approximate surface area is 266 Å². The summed E-state index contributed by atoms with van der Waals surface area (Å²) in [6, 6.07) is 3.56. The maximum atomic E-state index is 16.9. The predicted octanol–water partition coefficient (Wildman–Crippen LogP) is 6.51. The number of fused-ring (bicyclic) bond motifs is 5. The molecule has 8 nitrogen and oxygen atoms in total. The minimum absolute atomic E-state index is 0.0183. The fourth-order valence-corrected chi connectivity index (χ4v) is 9.15. The Kier molecular flexibility index (Phi) is 7.07. The Hall–Kier alpha value is -3.36. The van der Waals surface area contributed by atoms with Crippen molar-refractivity contribution in [3.8, 4) is 17.1 Å². The number of nitrogen functional groups attached to an aromatic ring is 1. The summed E-state index contributed by atoms with van der Waals surface area (Å²) in [5, 5.41) is 3.49. The van der Waals surface area contributed by atoms with Gasteiger partial charge < -0.3 is 20.7 Å². The molecule has 0 aliphatic carbocycles. The standard InChI is InChI=1S/C32H34F5N7OS/c1-43(18-12-16-4-5-17(13-18)39-16)28-20-14-21(32(35,36)37)23(19-6-7-22(33)27-26(19)40-29(38)46-27)24(34)25(20)41-30(42-28)45-15-31-8-2-10-44(31)11-3-9-31/h6-7,14,16-18,39H,2-5,8-13,15H2,1H3,(H2,38,40)/t16-,17?,18?/m0/s1. The van der Waals surface area contributed by atoms with Crippen LogP contribution in [0, 0.1) is 11.6 Å². The summed E-state index contributed by atoms with van der Waals surface area (Å²) in [7, 11) is 1.80. The van der Waals surface area contributed by atoms with Gasteiger partial charge in [-0.05, 0) is 82.7 Å². The molecule has 2 aromatic heterocycles. The molecule has 4 fully saturated rings. The second kappa shape index (κ2) is 10.8. The van der Waals surface area contributed by atoms with Gasteiger partial charge in [-0.2, -0.15) is 23.1 Å². The molecule has 2 unspecified atom stereocenters. The third-order valence-corrected chi connectivity index (χ3v) is 11.5. The molecule has 8 rings (SSSR count). The molecule has 46 heavy (non-hydrogen) atoms. The van der Waals surface area contributed by atoms with E-state index in [9.17, 15) is 17.6 Å². The number of nitrogens with one attached hydrogen (secondary N) is 1. The number of anilines is 2. The first-order valence-corrected chi connectivity index (χ1v) is 16.7. The summed E-state index contributed by atoms with van der Waals surface area (Å²) < 4.78 is 82.3. The van der Waals surface area contributed by atoms with Crippen LogP contribution in [0.25, 0.3) is 32.2 Å². The Balaban J connectivity index is 1.31. The van der Waals surface area contributed by atoms with E-state index in [1.54, 1.807) is 7.05 Å². The molecule has 4 saturated heterocycles. The third-order valence-electron chi connectivity index (χ3n) is 10.6. The Morgan fingerprint density at radius 1 is 1.07 bits per heavy atom. The second-order valence-electron chi connectivity index (χ2n) is 13.2. The Morgan fingerprint density at radius 3 is 2.48 bits per heavy atom. The van der Waals surface area contributed by atoms with Gasteiger partial charge in [0.25, 0.3) is 0 Å². The molecule has 3 N–H and O–H groups in total. The summed E-state index contributed by atoms with van der Waals surface area (Å²) in [6.45, 7) is 2.28. The summed E-state index contributed by atoms with van der Waals surface area (Å²) in [6.07, 6.45) is 2.74. The largest absolute Gasteiger partial charge is 0.461 e. The van der Waals surface area contributed by atoms with E-state index in [-0.39, 0.29) is 55.2 Å². The highest BCUT2D eigenvalue weighted by atomic mass is 32.1. The highest BCUT2D eigenvalue weighted by Crippen LogP contribution is 2.47. The van der Waals surface area contributed by atoms with E-state index >= 15 is 4.39 Å². The average molecular weight is 660 g/mol. The number of hydrogen-bond acceptors (Lipinski definition) is 9. The van der Waals surface area contributed by atoms with Crippen LogP contribution in [0.1, 0.15) is 56.9 Å². The number of piperidine rings is 1. The summed E-state index contributed by atoms with van der Waals surface area (Å²) in [5.41, 5.74) is 3.05. The number of nitrogens with zero attached hydrogens (tertiary/aromatic N) is 5. The highest BCUT2D eigenvalue weighted by Gasteiger charge is 2.45. The van der Waals surface area contributed by atoms with Crippen molar-refractivity contribution in [1.82, 2.24) is 25.2 Å². The van der Waals surface area contributed by atoms with Gasteiger partial charge in [0.1, 0.15) is 23.8 Å². The van der Waals surface area contributed by atoms with Crippen molar-refractivity contribution in [1.29, 1.82) is 0 Å². The minimum atomic E-state index is -4.96. The fraction of sp³-hybridized carbons (Fsp3) is 0.531. The van der Waals surface area contributed by atoms with Crippen molar-refractivity contribution in [2.24, 2.45) is 0 Å². The smallest absolute Gasteiger partial charge is 0.417 e. The third kappa shape index (κ3) is 4.86. The van der Waals surface area contributed by atoms with Crippen LogP contribution < -0.4 is 20.7 Å². The van der Waals surface area contributed by atoms with Crippen LogP contribution in [0.2, 0.25) is 0 Å². The van der Waals surface area contributed by atoms with E-state index in [0.29, 0.717) is 18.7 Å². The van der Waals surface area contributed by atoms with Gasteiger partial charge in [-0.3, -0.25) is 4.90 Å². The fourth-order valence-electron chi connectivity index (χ4n) is 8.38. The first-order chi connectivity index (χ1) is 22.0. The maximum Gasteiger partial charge on any atom is 0.417 e. The summed E-state index contributed by atoms with van der Waals surface area (Å²) in [4.78, 5) is 17.5. The molecule has 4 aliphatic rings. The van der Waals surface area contributed by atoms with E-state index in [4.69, 9.17) is 15.5 Å². The monoisotopic (exact) mass is 659 g/mol. The van der Waals surface area contributed by atoms with E-state index < -0.39 is 28.9 Å². The molecule has 3 atom stereocenters. The summed E-state index contributed by atoms with van der Waals surface area (Å²) >= 11 is 0.793. The maximum absolute atomic E-state index is 16.9. The molecule has 6 heterocycles. The average Bonchev–Trinajstić information content (AvgIpc) is 3.79. The minimum Gasteiger partial charge on any atom is -0.461 e. The van der Waals surface area contributed by atoms with Crippen LogP contribution >= 0.6 is 11.3 Å². The lowest BCUT2D eigenvalue weighted by Gasteiger charge is -2.37. The van der Waals surface area contributed by atoms with Gasteiger partial charge in [0.2, 0.25) is 0 Å². The molecule has 0 radical (unpaired) electrons. The number of benzene rings is 2. The van der Waals surface area contributed by atoms with E-state index in [1.807, 2.05) is 4.90 Å². The number of ether oxygens (including phenoxy) is 1. The molecule has 14 heteroatoms. The normalized spacial score (nSPS) is 24.3. The number of nitrogens with two attached hydrogens (primary N) is 1. The Morgan fingerprint density at radius 2 is 1.78 bits per heavy atom. The summed E-state index contributed by atoms with van der Waals surface area (Å²) in [5.74, 6) is -1.71. The zero-order chi connectivity index (χ0) is 32.0. The van der Waals surface area contributed by atoms with E-state index in [1.165, 1.54) is 0 Å². The zero-order valence-corrected chi connectivity index (χ0v) is 26.1. The van der Waals surface area contributed by atoms with Crippen molar-refractivity contribution in [2.45, 2.75) is 81.2 Å². The van der Waals surface area contributed by atoms with E-state index in [0.717, 1.165) is 94.0 Å². The molecule has 4 aromatic rings. The van der Waals surface area contributed by atoms with Crippen molar-refractivity contribution in [3.05, 3.63) is 35.4 Å². The van der Waals surface area contributed by atoms with Gasteiger partial charge in [-0.25, -0.2) is 13.8 Å². The second-order valence-corrected chi connectivity index (χ2v) is 14.3. The number of rotatable bonds is 6. The molecule has 0 amide bonds. The molecule has 4 aliphatic heterocycles.